The smallest absolute Gasteiger partial charge is 0.176 e. The zero-order chi connectivity index (χ0) is 23.8. The second-order valence-electron chi connectivity index (χ2n) is 9.32. The van der Waals surface area contributed by atoms with Gasteiger partial charge in [0.25, 0.3) is 0 Å². The van der Waals surface area contributed by atoms with Crippen LogP contribution < -0.4 is 0 Å². The van der Waals surface area contributed by atoms with Gasteiger partial charge in [-0.25, -0.2) is 0 Å². The minimum absolute atomic E-state index is 0.0170. The minimum Gasteiger partial charge on any atom is -0.465 e. The molecule has 1 aliphatic carbocycles. The third-order valence-corrected chi connectivity index (χ3v) is 7.38. The summed E-state index contributed by atoms with van der Waals surface area (Å²) >= 11 is 6.86. The molecule has 0 bridgehead atoms. The van der Waals surface area contributed by atoms with Crippen LogP contribution in [0.25, 0.3) is 0 Å². The second-order valence-corrected chi connectivity index (χ2v) is 9.72. The summed E-state index contributed by atoms with van der Waals surface area (Å²) in [6, 6.07) is 0. The molecule has 0 unspecified atom stereocenters. The summed E-state index contributed by atoms with van der Waals surface area (Å²) < 4.78 is 23.9. The van der Waals surface area contributed by atoms with Gasteiger partial charge in [0, 0.05) is 31.3 Å². The Kier molecular flexibility index (Phi) is 7.26. The van der Waals surface area contributed by atoms with Crippen LogP contribution in [0.2, 0.25) is 0 Å². The molecule has 32 heavy (non-hydrogen) atoms. The van der Waals surface area contributed by atoms with Gasteiger partial charge in [-0.2, -0.15) is 0 Å². The summed E-state index contributed by atoms with van der Waals surface area (Å²) in [5, 5.41) is 0.529. The first-order chi connectivity index (χ1) is 15.0. The number of ketones is 1. The molecular formula is C26H35ClO5. The van der Waals surface area contributed by atoms with Gasteiger partial charge in [-0.1, -0.05) is 49.6 Å². The van der Waals surface area contributed by atoms with Crippen molar-refractivity contribution in [2.24, 2.45) is 17.8 Å². The molecule has 0 radical (unpaired) electrons. The molecule has 2 aliphatic heterocycles. The summed E-state index contributed by atoms with van der Waals surface area (Å²) in [6.07, 6.45) is 10.4. The molecule has 6 heteroatoms. The van der Waals surface area contributed by atoms with Crippen LogP contribution in [0, 0.1) is 17.8 Å². The highest BCUT2D eigenvalue weighted by Gasteiger charge is 2.67. The van der Waals surface area contributed by atoms with Crippen LogP contribution in [0.1, 0.15) is 48.0 Å². The Bertz CT molecular complexity index is 927. The molecular weight excluding hydrogens is 428 g/mol. The molecule has 5 nitrogen and oxygen atoms in total. The van der Waals surface area contributed by atoms with E-state index >= 15 is 0 Å². The lowest BCUT2D eigenvalue weighted by Gasteiger charge is -2.44. The van der Waals surface area contributed by atoms with E-state index in [9.17, 15) is 4.79 Å². The zero-order valence-corrected chi connectivity index (χ0v) is 21.1. The van der Waals surface area contributed by atoms with Crippen LogP contribution in [0.15, 0.2) is 58.1 Å². The predicted octanol–water partition coefficient (Wildman–Crippen LogP) is 5.83. The van der Waals surface area contributed by atoms with Crippen molar-refractivity contribution in [3.05, 3.63) is 58.1 Å². The maximum absolute atomic E-state index is 12.8. The first-order valence-corrected chi connectivity index (χ1v) is 11.5. The van der Waals surface area contributed by atoms with Crippen molar-refractivity contribution in [3.63, 3.8) is 0 Å². The molecule has 1 saturated heterocycles. The van der Waals surface area contributed by atoms with Gasteiger partial charge in [0.05, 0.1) is 17.2 Å². The van der Waals surface area contributed by atoms with Crippen molar-refractivity contribution in [3.8, 4) is 0 Å². The van der Waals surface area contributed by atoms with E-state index in [1.165, 1.54) is 5.57 Å². The van der Waals surface area contributed by atoms with E-state index in [1.807, 2.05) is 25.2 Å². The van der Waals surface area contributed by atoms with Crippen LogP contribution in [0.4, 0.5) is 0 Å². The van der Waals surface area contributed by atoms with Crippen LogP contribution in [0.5, 0.6) is 0 Å². The second kappa shape index (κ2) is 9.30. The fourth-order valence-electron chi connectivity index (χ4n) is 5.23. The summed E-state index contributed by atoms with van der Waals surface area (Å²) in [5.74, 6) is -0.792. The highest BCUT2D eigenvalue weighted by atomic mass is 35.5. The molecule has 0 aromatic rings. The number of carbonyl (C=O) groups excluding carboxylic acids is 1. The van der Waals surface area contributed by atoms with Gasteiger partial charge >= 0.3 is 0 Å². The van der Waals surface area contributed by atoms with E-state index in [0.29, 0.717) is 16.7 Å². The Hall–Kier alpha value is -1.66. The first kappa shape index (κ1) is 25.0. The van der Waals surface area contributed by atoms with E-state index in [1.54, 1.807) is 34.3 Å². The van der Waals surface area contributed by atoms with E-state index in [0.717, 1.165) is 17.6 Å². The van der Waals surface area contributed by atoms with Gasteiger partial charge < -0.3 is 18.9 Å². The van der Waals surface area contributed by atoms with Crippen molar-refractivity contribution in [2.45, 2.75) is 65.5 Å². The van der Waals surface area contributed by atoms with Gasteiger partial charge in [-0.3, -0.25) is 4.79 Å². The fraction of sp³-hybridized carbons (Fsp3) is 0.577. The minimum atomic E-state index is -1.10. The van der Waals surface area contributed by atoms with Crippen molar-refractivity contribution in [2.75, 3.05) is 14.2 Å². The Labute approximate surface area is 196 Å². The third kappa shape index (κ3) is 4.16. The summed E-state index contributed by atoms with van der Waals surface area (Å²) in [6.45, 7) is 11.7. The van der Waals surface area contributed by atoms with Gasteiger partial charge in [0.15, 0.2) is 5.79 Å². The quantitative estimate of drug-likeness (QED) is 0.445. The lowest BCUT2D eigenvalue weighted by molar-refractivity contribution is -0.252. The number of ether oxygens (including phenoxy) is 4. The van der Waals surface area contributed by atoms with Crippen molar-refractivity contribution in [1.29, 1.82) is 0 Å². The maximum Gasteiger partial charge on any atom is 0.176 e. The maximum atomic E-state index is 12.8. The van der Waals surface area contributed by atoms with E-state index in [-0.39, 0.29) is 11.7 Å². The third-order valence-electron chi connectivity index (χ3n) is 6.98. The number of Topliss-reactive ketones (excluding diaryl/α,β-unsaturated/α-hetero) is 1. The molecule has 0 amide bonds. The Morgan fingerprint density at radius 1 is 1.31 bits per heavy atom. The molecule has 3 aliphatic rings. The summed E-state index contributed by atoms with van der Waals surface area (Å²) in [4.78, 5) is 12.8. The average Bonchev–Trinajstić information content (AvgIpc) is 3.00. The van der Waals surface area contributed by atoms with Gasteiger partial charge in [-0.15, -0.1) is 0 Å². The van der Waals surface area contributed by atoms with Crippen molar-refractivity contribution < 1.29 is 23.7 Å². The van der Waals surface area contributed by atoms with Crippen LogP contribution in [-0.4, -0.2) is 37.5 Å². The average molecular weight is 463 g/mol. The number of fused-ring (bicyclic) bond motifs is 3. The highest BCUT2D eigenvalue weighted by molar-refractivity contribution is 6.31. The predicted molar refractivity (Wildman–Crippen MR) is 126 cm³/mol. The van der Waals surface area contributed by atoms with E-state index in [2.05, 4.69) is 26.8 Å². The molecule has 0 spiro atoms. The Morgan fingerprint density at radius 3 is 2.56 bits per heavy atom. The molecule has 1 fully saturated rings. The molecule has 6 atom stereocenters. The van der Waals surface area contributed by atoms with Crippen LogP contribution in [-0.2, 0) is 23.7 Å². The molecule has 2 heterocycles. The molecule has 0 aromatic carbocycles. The highest BCUT2D eigenvalue weighted by Crippen LogP contribution is 2.59. The van der Waals surface area contributed by atoms with E-state index < -0.39 is 23.4 Å². The number of allylic oxidation sites excluding steroid dienone is 6. The number of methoxy groups -OCH3 is 2. The monoisotopic (exact) mass is 462 g/mol. The Balaban J connectivity index is 2.04. The topological polar surface area (TPSA) is 54.0 Å². The molecule has 3 rings (SSSR count). The summed E-state index contributed by atoms with van der Waals surface area (Å²) in [5.41, 5.74) is 1.92. The number of hydrogen-bond acceptors (Lipinski definition) is 5. The van der Waals surface area contributed by atoms with E-state index in [4.69, 9.17) is 30.5 Å². The SMILES string of the molecule is CC[C@H](C)/C=C(C)/C=C/C1=CC2=C(Cl)[C@H](OC)[C@]3(C)O[C@](C)(OC)[C@H](C(C)=O)[C@H]3C2=CO1. The van der Waals surface area contributed by atoms with Crippen molar-refractivity contribution >= 4 is 17.4 Å². The number of carbonyl (C=O) groups is 1. The molecule has 0 saturated carbocycles. The lowest BCUT2D eigenvalue weighted by Crippen LogP contribution is -2.51. The van der Waals surface area contributed by atoms with Crippen LogP contribution >= 0.6 is 11.6 Å². The molecule has 176 valence electrons. The van der Waals surface area contributed by atoms with Crippen LogP contribution in [0.3, 0.4) is 0 Å². The fourth-order valence-corrected chi connectivity index (χ4v) is 5.70. The molecule has 0 N–H and O–H groups in total. The van der Waals surface area contributed by atoms with Gasteiger partial charge in [0.1, 0.15) is 23.2 Å². The lowest BCUT2D eigenvalue weighted by atomic mass is 9.66. The van der Waals surface area contributed by atoms with Gasteiger partial charge in [0.2, 0.25) is 0 Å². The Morgan fingerprint density at radius 2 is 2.00 bits per heavy atom. The number of hydrogen-bond donors (Lipinski definition) is 0. The number of halogens is 1. The normalized spacial score (nSPS) is 35.8. The largest absolute Gasteiger partial charge is 0.465 e. The standard InChI is InChI=1S/C26H35ClO5/c1-9-15(2)12-16(3)10-11-18-13-19-20(14-31-18)22-21(17(4)28)26(6,30-8)32-25(22,5)24(29-7)23(19)27/h10-15,21-22,24H,9H2,1-8H3/b11-10+,16-12+/t15-,21+,22+,24-,25+,26-/m0/s1. The summed E-state index contributed by atoms with van der Waals surface area (Å²) in [7, 11) is 3.16. The van der Waals surface area contributed by atoms with Crippen molar-refractivity contribution in [1.82, 2.24) is 0 Å². The molecule has 0 aromatic heterocycles. The zero-order valence-electron chi connectivity index (χ0n) is 20.3. The van der Waals surface area contributed by atoms with Gasteiger partial charge in [-0.05, 0) is 45.8 Å². The first-order valence-electron chi connectivity index (χ1n) is 11.2. The number of rotatable bonds is 7.